The predicted molar refractivity (Wildman–Crippen MR) is 286 cm³/mol. The van der Waals surface area contributed by atoms with Crippen molar-refractivity contribution in [1.82, 2.24) is 18.7 Å². The fourth-order valence-corrected chi connectivity index (χ4v) is 12.5. The number of hydrogen-bond acceptors (Lipinski definition) is 3. The molecule has 1 fully saturated rings. The van der Waals surface area contributed by atoms with Crippen LogP contribution in [0.3, 0.4) is 0 Å². The van der Waals surface area contributed by atoms with Gasteiger partial charge >= 0.3 is 0 Å². The summed E-state index contributed by atoms with van der Waals surface area (Å²) in [5.74, 6) is 2.19. The molecule has 12 aromatic rings. The van der Waals surface area contributed by atoms with E-state index in [-0.39, 0.29) is 17.4 Å². The molecule has 0 amide bonds. The lowest BCUT2D eigenvalue weighted by atomic mass is 9.86. The van der Waals surface area contributed by atoms with Crippen LogP contribution in [0.5, 0.6) is 0 Å². The van der Waals surface area contributed by atoms with Gasteiger partial charge < -0.3 is 4.57 Å². The van der Waals surface area contributed by atoms with Crippen LogP contribution in [0.1, 0.15) is 35.1 Å². The van der Waals surface area contributed by atoms with Gasteiger partial charge in [0.25, 0.3) is 0 Å². The normalized spacial score (nSPS) is 19.0. The molecule has 0 N–H and O–H groups in total. The van der Waals surface area contributed by atoms with Crippen molar-refractivity contribution in [2.75, 3.05) is 0 Å². The smallest absolute Gasteiger partial charge is 0.165 e. The molecule has 70 heavy (non-hydrogen) atoms. The molecule has 4 unspecified atom stereocenters. The Hall–Kier alpha value is -8.87. The van der Waals surface area contributed by atoms with Gasteiger partial charge in [-0.2, -0.15) is 0 Å². The molecule has 0 radical (unpaired) electrons. The third kappa shape index (κ3) is 5.41. The minimum absolute atomic E-state index is 0.00612. The van der Waals surface area contributed by atoms with E-state index in [4.69, 9.17) is 15.0 Å². The Balaban J connectivity index is 0.973. The predicted octanol–water partition coefficient (Wildman–Crippen LogP) is 14.9. The number of fused-ring (bicyclic) bond motifs is 11. The molecule has 2 aliphatic carbocycles. The first-order chi connectivity index (χ1) is 34.7. The van der Waals surface area contributed by atoms with Crippen molar-refractivity contribution in [3.05, 3.63) is 253 Å². The molecule has 15 rings (SSSR count). The van der Waals surface area contributed by atoms with Crippen molar-refractivity contribution < 1.29 is 0 Å². The van der Waals surface area contributed by atoms with Crippen LogP contribution in [0, 0.1) is 11.8 Å². The van der Waals surface area contributed by atoms with Gasteiger partial charge in [-0.25, -0.2) is 9.98 Å². The lowest BCUT2D eigenvalue weighted by molar-refractivity contribution is 0.653. The SMILES string of the molecule is CC1C2C(C3c4ccccc4-c4cc(-n5c6ccccc6c6c7c8c(nc(-c9ccccc9)n8-c8ccccc8)n(-c8ccccc8)c7ccc65)ccc43)=NC(c3ccccc3)=NC12c1ccccc1. The number of amidine groups is 1. The molecule has 1 saturated carbocycles. The molecule has 6 heteroatoms. The summed E-state index contributed by atoms with van der Waals surface area (Å²) >= 11 is 0. The highest BCUT2D eigenvalue weighted by atomic mass is 15.2. The molecule has 0 spiro atoms. The number of para-hydroxylation sites is 3. The second-order valence-corrected chi connectivity index (χ2v) is 19.1. The maximum absolute atomic E-state index is 5.61. The average Bonchev–Trinajstić information content (AvgIpc) is 3.83. The molecule has 330 valence electrons. The van der Waals surface area contributed by atoms with Gasteiger partial charge in [0.2, 0.25) is 0 Å². The highest BCUT2D eigenvalue weighted by molar-refractivity contribution is 6.28. The Labute approximate surface area is 404 Å². The molecule has 3 aliphatic rings. The first kappa shape index (κ1) is 39.2. The van der Waals surface area contributed by atoms with E-state index >= 15 is 0 Å². The lowest BCUT2D eigenvalue weighted by Crippen LogP contribution is -2.26. The van der Waals surface area contributed by atoms with E-state index in [9.17, 15) is 0 Å². The van der Waals surface area contributed by atoms with Crippen LogP contribution in [0.4, 0.5) is 0 Å². The standard InChI is InChI=1S/C64H44N6/c1-40-58-59(65-61(41-21-7-2-8-22-41)67-64(40,58)43-25-11-4-12-26-43)55-48-32-18-17-31-47(48)51-39-46(35-36-49(51)55)68-52-34-20-19-33-50(52)56-53(68)37-38-54-57(56)60-63(69(54)44-27-13-5-14-28-44)66-62(42-23-9-3-10-24-42)70(60)45-29-15-6-16-30-45/h2-40,55,58H,1H3. The summed E-state index contributed by atoms with van der Waals surface area (Å²) in [4.78, 5) is 16.8. The van der Waals surface area contributed by atoms with Gasteiger partial charge in [0, 0.05) is 61.9 Å². The summed E-state index contributed by atoms with van der Waals surface area (Å²) in [5.41, 5.74) is 18.0. The van der Waals surface area contributed by atoms with Crippen LogP contribution in [-0.4, -0.2) is 30.2 Å². The van der Waals surface area contributed by atoms with Gasteiger partial charge in [0.15, 0.2) is 11.5 Å². The van der Waals surface area contributed by atoms with Gasteiger partial charge in [-0.3, -0.25) is 14.1 Å². The van der Waals surface area contributed by atoms with Gasteiger partial charge in [-0.05, 0) is 88.3 Å². The van der Waals surface area contributed by atoms with E-state index in [1.54, 1.807) is 0 Å². The molecule has 4 heterocycles. The van der Waals surface area contributed by atoms with Crippen LogP contribution >= 0.6 is 0 Å². The zero-order valence-electron chi connectivity index (χ0n) is 38.4. The molecule has 0 bridgehead atoms. The Kier molecular flexibility index (Phi) is 8.29. The van der Waals surface area contributed by atoms with Gasteiger partial charge in [-0.15, -0.1) is 0 Å². The number of nitrogens with zero attached hydrogens (tertiary/aromatic N) is 6. The lowest BCUT2D eigenvalue weighted by Gasteiger charge is -2.25. The van der Waals surface area contributed by atoms with E-state index in [0.717, 1.165) is 67.6 Å². The van der Waals surface area contributed by atoms with Crippen molar-refractivity contribution in [3.63, 3.8) is 0 Å². The number of hydrogen-bond donors (Lipinski definition) is 0. The third-order valence-electron chi connectivity index (χ3n) is 15.6. The van der Waals surface area contributed by atoms with E-state index in [2.05, 4.69) is 251 Å². The monoisotopic (exact) mass is 896 g/mol. The summed E-state index contributed by atoms with van der Waals surface area (Å²) in [7, 11) is 0. The van der Waals surface area contributed by atoms with Crippen LogP contribution in [0.2, 0.25) is 0 Å². The third-order valence-corrected chi connectivity index (χ3v) is 15.6. The van der Waals surface area contributed by atoms with Crippen LogP contribution in [0.25, 0.3) is 83.4 Å². The highest BCUT2D eigenvalue weighted by Crippen LogP contribution is 2.66. The summed E-state index contributed by atoms with van der Waals surface area (Å²) in [6, 6.07) is 83.2. The second kappa shape index (κ2) is 14.8. The van der Waals surface area contributed by atoms with Gasteiger partial charge in [0.1, 0.15) is 11.3 Å². The highest BCUT2D eigenvalue weighted by Gasteiger charge is 2.68. The van der Waals surface area contributed by atoms with Crippen molar-refractivity contribution in [2.24, 2.45) is 21.8 Å². The zero-order valence-corrected chi connectivity index (χ0v) is 38.4. The number of aliphatic imine (C=N–C) groups is 2. The van der Waals surface area contributed by atoms with Crippen molar-refractivity contribution in [2.45, 2.75) is 18.4 Å². The largest absolute Gasteiger partial charge is 0.309 e. The van der Waals surface area contributed by atoms with Crippen molar-refractivity contribution >= 4 is 55.4 Å². The fraction of sp³-hybridized carbons (Fsp3) is 0.0781. The molecular formula is C64H44N6. The number of aromatic nitrogens is 4. The van der Waals surface area contributed by atoms with Crippen LogP contribution < -0.4 is 0 Å². The minimum atomic E-state index is -0.363. The van der Waals surface area contributed by atoms with Crippen LogP contribution in [-0.2, 0) is 5.54 Å². The van der Waals surface area contributed by atoms with Gasteiger partial charge in [0.05, 0.1) is 22.1 Å². The quantitative estimate of drug-likeness (QED) is 0.157. The summed E-state index contributed by atoms with van der Waals surface area (Å²) in [6.45, 7) is 2.37. The van der Waals surface area contributed by atoms with Crippen LogP contribution in [0.15, 0.2) is 241 Å². The van der Waals surface area contributed by atoms with Gasteiger partial charge in [-0.1, -0.05) is 183 Å². The zero-order chi connectivity index (χ0) is 46.1. The number of imidazole rings is 1. The first-order valence-corrected chi connectivity index (χ1v) is 24.4. The average molecular weight is 897 g/mol. The second-order valence-electron chi connectivity index (χ2n) is 19.1. The first-order valence-electron chi connectivity index (χ1n) is 24.4. The Morgan fingerprint density at radius 1 is 0.457 bits per heavy atom. The fourth-order valence-electron chi connectivity index (χ4n) is 12.5. The molecule has 4 atom stereocenters. The van der Waals surface area contributed by atoms with E-state index < -0.39 is 0 Å². The Morgan fingerprint density at radius 3 is 1.77 bits per heavy atom. The molecule has 0 saturated heterocycles. The minimum Gasteiger partial charge on any atom is -0.309 e. The molecule has 1 aliphatic heterocycles. The van der Waals surface area contributed by atoms with E-state index in [1.807, 2.05) is 0 Å². The van der Waals surface area contributed by atoms with E-state index in [0.29, 0.717) is 5.92 Å². The summed E-state index contributed by atoms with van der Waals surface area (Å²) in [5, 5.41) is 3.57. The molecular weight excluding hydrogens is 853 g/mol. The molecule has 6 nitrogen and oxygen atoms in total. The molecule has 3 aromatic heterocycles. The topological polar surface area (TPSA) is 52.4 Å². The molecule has 9 aromatic carbocycles. The Morgan fingerprint density at radius 2 is 1.04 bits per heavy atom. The number of rotatable bonds is 7. The van der Waals surface area contributed by atoms with Crippen molar-refractivity contribution in [3.8, 4) is 39.6 Å². The number of benzene rings is 9. The van der Waals surface area contributed by atoms with Crippen molar-refractivity contribution in [1.29, 1.82) is 0 Å². The van der Waals surface area contributed by atoms with E-state index in [1.165, 1.54) is 49.7 Å². The maximum atomic E-state index is 5.61. The maximum Gasteiger partial charge on any atom is 0.165 e. The summed E-state index contributed by atoms with van der Waals surface area (Å²) < 4.78 is 7.21. The summed E-state index contributed by atoms with van der Waals surface area (Å²) in [6.07, 6.45) is 0. The Bertz CT molecular complexity index is 4130.